The number of rotatable bonds is 4. The monoisotopic (exact) mass is 296 g/mol. The smallest absolute Gasteiger partial charge is 0.319 e. The number of benzene rings is 1. The molecule has 0 radical (unpaired) electrons. The maximum atomic E-state index is 11.6. The van der Waals surface area contributed by atoms with E-state index in [0.717, 1.165) is 24.3 Å². The van der Waals surface area contributed by atoms with Gasteiger partial charge >= 0.3 is 6.03 Å². The van der Waals surface area contributed by atoms with E-state index < -0.39 is 0 Å². The second-order valence-electron chi connectivity index (χ2n) is 5.73. The number of carbonyl (C=O) groups is 1. The Bertz CT molecular complexity index is 678. The third-order valence-corrected chi connectivity index (χ3v) is 3.71. The fraction of sp³-hybridized carbons (Fsp3) is 0.294. The molecule has 2 aromatic rings. The Labute approximate surface area is 130 Å². The number of carbonyl (C=O) groups excluding carboxylic acids is 1. The Morgan fingerprint density at radius 3 is 2.50 bits per heavy atom. The van der Waals surface area contributed by atoms with Gasteiger partial charge in [0.15, 0.2) is 0 Å². The lowest BCUT2D eigenvalue weighted by Gasteiger charge is -2.09. The van der Waals surface area contributed by atoms with Crippen LogP contribution < -0.4 is 16.0 Å². The first-order valence-electron chi connectivity index (χ1n) is 7.48. The Kier molecular flexibility index (Phi) is 3.96. The van der Waals surface area contributed by atoms with Crippen LogP contribution in [0.1, 0.15) is 24.0 Å². The predicted octanol–water partition coefficient (Wildman–Crippen LogP) is 3.73. The summed E-state index contributed by atoms with van der Waals surface area (Å²) < 4.78 is 0. The average Bonchev–Trinajstić information content (AvgIpc) is 3.29. The van der Waals surface area contributed by atoms with Gasteiger partial charge in [0.25, 0.3) is 0 Å². The van der Waals surface area contributed by atoms with Gasteiger partial charge in [0.2, 0.25) is 0 Å². The van der Waals surface area contributed by atoms with Crippen molar-refractivity contribution in [2.24, 2.45) is 0 Å². The van der Waals surface area contributed by atoms with Crippen molar-refractivity contribution in [2.45, 2.75) is 32.7 Å². The van der Waals surface area contributed by atoms with Gasteiger partial charge in [-0.15, -0.1) is 0 Å². The number of amides is 2. The molecule has 1 aromatic heterocycles. The maximum Gasteiger partial charge on any atom is 0.319 e. The molecule has 0 atom stereocenters. The van der Waals surface area contributed by atoms with E-state index in [1.165, 1.54) is 11.1 Å². The topological polar surface area (TPSA) is 66.0 Å². The standard InChI is InChI=1S/C17H20N4O/c1-11-3-4-14(9-12(11)2)19-16-8-7-15(10-18-16)21-17(22)20-13-5-6-13/h3-4,7-10,13H,5-6H2,1-2H3,(H,18,19)(H2,20,21,22). The highest BCUT2D eigenvalue weighted by Crippen LogP contribution is 2.20. The van der Waals surface area contributed by atoms with Crippen LogP contribution in [0, 0.1) is 13.8 Å². The molecule has 0 unspecified atom stereocenters. The van der Waals surface area contributed by atoms with Gasteiger partial charge in [-0.05, 0) is 62.1 Å². The highest BCUT2D eigenvalue weighted by molar-refractivity contribution is 5.89. The van der Waals surface area contributed by atoms with Gasteiger partial charge in [-0.2, -0.15) is 0 Å². The van der Waals surface area contributed by atoms with E-state index in [2.05, 4.69) is 46.9 Å². The fourth-order valence-corrected chi connectivity index (χ4v) is 2.09. The number of pyridine rings is 1. The molecule has 1 fully saturated rings. The molecular formula is C17H20N4O. The number of hydrogen-bond acceptors (Lipinski definition) is 3. The molecule has 2 amide bonds. The summed E-state index contributed by atoms with van der Waals surface area (Å²) in [6.07, 6.45) is 3.80. The molecule has 1 aromatic carbocycles. The molecular weight excluding hydrogens is 276 g/mol. The van der Waals surface area contributed by atoms with Gasteiger partial charge in [0, 0.05) is 11.7 Å². The van der Waals surface area contributed by atoms with Crippen molar-refractivity contribution in [3.05, 3.63) is 47.7 Å². The maximum absolute atomic E-state index is 11.6. The summed E-state index contributed by atoms with van der Waals surface area (Å²) in [6, 6.07) is 10.1. The number of anilines is 3. The third kappa shape index (κ3) is 3.75. The van der Waals surface area contributed by atoms with Crippen LogP contribution in [-0.2, 0) is 0 Å². The van der Waals surface area contributed by atoms with Crippen molar-refractivity contribution in [3.63, 3.8) is 0 Å². The van der Waals surface area contributed by atoms with E-state index >= 15 is 0 Å². The Hall–Kier alpha value is -2.56. The molecule has 22 heavy (non-hydrogen) atoms. The van der Waals surface area contributed by atoms with Crippen molar-refractivity contribution in [1.29, 1.82) is 0 Å². The van der Waals surface area contributed by atoms with Gasteiger partial charge < -0.3 is 16.0 Å². The van der Waals surface area contributed by atoms with E-state index in [-0.39, 0.29) is 6.03 Å². The predicted molar refractivity (Wildman–Crippen MR) is 88.6 cm³/mol. The van der Waals surface area contributed by atoms with Gasteiger partial charge in [-0.1, -0.05) is 6.07 Å². The lowest BCUT2D eigenvalue weighted by atomic mass is 10.1. The molecule has 3 N–H and O–H groups in total. The van der Waals surface area contributed by atoms with Crippen molar-refractivity contribution in [1.82, 2.24) is 10.3 Å². The fourth-order valence-electron chi connectivity index (χ4n) is 2.09. The van der Waals surface area contributed by atoms with E-state index in [4.69, 9.17) is 0 Å². The van der Waals surface area contributed by atoms with Gasteiger partial charge in [0.05, 0.1) is 11.9 Å². The molecule has 1 aliphatic carbocycles. The van der Waals surface area contributed by atoms with Crippen LogP contribution in [0.4, 0.5) is 22.0 Å². The second-order valence-corrected chi connectivity index (χ2v) is 5.73. The highest BCUT2D eigenvalue weighted by atomic mass is 16.2. The first-order chi connectivity index (χ1) is 10.6. The van der Waals surface area contributed by atoms with E-state index in [1.807, 2.05) is 18.2 Å². The molecule has 3 rings (SSSR count). The molecule has 1 heterocycles. The van der Waals surface area contributed by atoms with Crippen LogP contribution in [0.2, 0.25) is 0 Å². The van der Waals surface area contributed by atoms with Crippen LogP contribution in [0.25, 0.3) is 0 Å². The molecule has 5 heteroatoms. The minimum atomic E-state index is -0.167. The lowest BCUT2D eigenvalue weighted by molar-refractivity contribution is 0.251. The Morgan fingerprint density at radius 2 is 1.86 bits per heavy atom. The number of nitrogens with one attached hydrogen (secondary N) is 3. The van der Waals surface area contributed by atoms with Crippen LogP contribution in [0.15, 0.2) is 36.5 Å². The Morgan fingerprint density at radius 1 is 1.09 bits per heavy atom. The van der Waals surface area contributed by atoms with Gasteiger partial charge in [-0.25, -0.2) is 9.78 Å². The minimum absolute atomic E-state index is 0.167. The van der Waals surface area contributed by atoms with Crippen LogP contribution in [0.3, 0.4) is 0 Å². The van der Waals surface area contributed by atoms with Crippen molar-refractivity contribution in [2.75, 3.05) is 10.6 Å². The molecule has 0 spiro atoms. The number of aryl methyl sites for hydroxylation is 2. The van der Waals surface area contributed by atoms with Crippen molar-refractivity contribution >= 4 is 23.2 Å². The summed E-state index contributed by atoms with van der Waals surface area (Å²) in [4.78, 5) is 16.0. The normalized spacial score (nSPS) is 13.5. The first-order valence-corrected chi connectivity index (χ1v) is 7.48. The molecule has 1 aliphatic rings. The lowest BCUT2D eigenvalue weighted by Crippen LogP contribution is -2.30. The van der Waals surface area contributed by atoms with Gasteiger partial charge in [-0.3, -0.25) is 0 Å². The minimum Gasteiger partial charge on any atom is -0.340 e. The van der Waals surface area contributed by atoms with E-state index in [0.29, 0.717) is 11.7 Å². The molecule has 0 aliphatic heterocycles. The number of nitrogens with zero attached hydrogens (tertiary/aromatic N) is 1. The Balaban J connectivity index is 1.60. The van der Waals surface area contributed by atoms with Gasteiger partial charge in [0.1, 0.15) is 5.82 Å². The summed E-state index contributed by atoms with van der Waals surface area (Å²) in [5.74, 6) is 0.747. The van der Waals surface area contributed by atoms with Crippen molar-refractivity contribution in [3.8, 4) is 0 Å². The van der Waals surface area contributed by atoms with E-state index in [1.54, 1.807) is 6.20 Å². The zero-order valence-electron chi connectivity index (χ0n) is 12.8. The number of aromatic nitrogens is 1. The van der Waals surface area contributed by atoms with Crippen LogP contribution in [-0.4, -0.2) is 17.1 Å². The zero-order chi connectivity index (χ0) is 15.5. The summed E-state index contributed by atoms with van der Waals surface area (Å²) >= 11 is 0. The molecule has 0 bridgehead atoms. The number of hydrogen-bond donors (Lipinski definition) is 3. The SMILES string of the molecule is Cc1ccc(Nc2ccc(NC(=O)NC3CC3)cn2)cc1C. The summed E-state index contributed by atoms with van der Waals surface area (Å²) in [6.45, 7) is 4.17. The quantitative estimate of drug-likeness (QED) is 0.805. The molecule has 0 saturated heterocycles. The molecule has 1 saturated carbocycles. The molecule has 114 valence electrons. The number of urea groups is 1. The highest BCUT2D eigenvalue weighted by Gasteiger charge is 2.23. The summed E-state index contributed by atoms with van der Waals surface area (Å²) in [5, 5.41) is 8.91. The summed E-state index contributed by atoms with van der Waals surface area (Å²) in [5.41, 5.74) is 4.19. The second kappa shape index (κ2) is 6.05. The van der Waals surface area contributed by atoms with Crippen LogP contribution >= 0.6 is 0 Å². The summed E-state index contributed by atoms with van der Waals surface area (Å²) in [7, 11) is 0. The molecule has 5 nitrogen and oxygen atoms in total. The van der Waals surface area contributed by atoms with E-state index in [9.17, 15) is 4.79 Å². The van der Waals surface area contributed by atoms with Crippen molar-refractivity contribution < 1.29 is 4.79 Å². The average molecular weight is 296 g/mol. The first kappa shape index (κ1) is 14.4. The zero-order valence-corrected chi connectivity index (χ0v) is 12.8. The third-order valence-electron chi connectivity index (χ3n) is 3.71. The van der Waals surface area contributed by atoms with Crippen LogP contribution in [0.5, 0.6) is 0 Å². The largest absolute Gasteiger partial charge is 0.340 e.